The van der Waals surface area contributed by atoms with Crippen LogP contribution in [0.4, 0.5) is 11.4 Å². The van der Waals surface area contributed by atoms with Crippen LogP contribution in [0.2, 0.25) is 0 Å². The first kappa shape index (κ1) is 17.7. The molecule has 2 aromatic carbocycles. The van der Waals surface area contributed by atoms with Crippen molar-refractivity contribution in [2.24, 2.45) is 5.41 Å². The van der Waals surface area contributed by atoms with Crippen LogP contribution >= 0.6 is 0 Å². The van der Waals surface area contributed by atoms with Crippen LogP contribution in [0.1, 0.15) is 47.1 Å². The van der Waals surface area contributed by atoms with E-state index in [0.29, 0.717) is 29.0 Å². The molecule has 0 saturated heterocycles. The van der Waals surface area contributed by atoms with Crippen molar-refractivity contribution >= 4 is 29.1 Å². The number of hydrogen-bond acceptors (Lipinski definition) is 3. The molecule has 3 N–H and O–H groups in total. The third-order valence-corrected chi connectivity index (χ3v) is 4.12. The fourth-order valence-electron chi connectivity index (χ4n) is 2.55. The number of hydrogen-bond donors (Lipinski definition) is 3. The fraction of sp³-hybridized carbons (Fsp3) is 0.250. The zero-order valence-corrected chi connectivity index (χ0v) is 15.0. The van der Waals surface area contributed by atoms with Gasteiger partial charge in [0.1, 0.15) is 0 Å². The van der Waals surface area contributed by atoms with Gasteiger partial charge in [-0.25, -0.2) is 0 Å². The highest BCUT2D eigenvalue weighted by molar-refractivity contribution is 6.06. The van der Waals surface area contributed by atoms with E-state index in [1.165, 1.54) is 0 Å². The Kier molecular flexibility index (Phi) is 4.50. The summed E-state index contributed by atoms with van der Waals surface area (Å²) in [5, 5.41) is 8.34. The minimum atomic E-state index is -0.525. The van der Waals surface area contributed by atoms with E-state index in [0.717, 1.165) is 5.56 Å². The first-order valence-electron chi connectivity index (χ1n) is 8.38. The normalized spacial score (nSPS) is 13.0. The van der Waals surface area contributed by atoms with Crippen molar-refractivity contribution < 1.29 is 14.4 Å². The first-order chi connectivity index (χ1) is 12.2. The molecule has 3 rings (SSSR count). The van der Waals surface area contributed by atoms with Crippen molar-refractivity contribution in [1.29, 1.82) is 0 Å². The minimum Gasteiger partial charge on any atom is -0.348 e. The molecule has 1 aliphatic heterocycles. The highest BCUT2D eigenvalue weighted by Crippen LogP contribution is 2.22. The smallest absolute Gasteiger partial charge is 0.255 e. The van der Waals surface area contributed by atoms with Gasteiger partial charge in [0.25, 0.3) is 11.8 Å². The largest absolute Gasteiger partial charge is 0.348 e. The maximum Gasteiger partial charge on any atom is 0.255 e. The van der Waals surface area contributed by atoms with E-state index in [2.05, 4.69) is 16.0 Å². The van der Waals surface area contributed by atoms with Gasteiger partial charge in [0.15, 0.2) is 0 Å². The van der Waals surface area contributed by atoms with E-state index in [-0.39, 0.29) is 17.7 Å². The summed E-state index contributed by atoms with van der Waals surface area (Å²) in [7, 11) is 0. The zero-order valence-electron chi connectivity index (χ0n) is 15.0. The third-order valence-electron chi connectivity index (χ3n) is 4.12. The van der Waals surface area contributed by atoms with Gasteiger partial charge in [0.2, 0.25) is 5.91 Å². The van der Waals surface area contributed by atoms with Crippen LogP contribution in [0.3, 0.4) is 0 Å². The van der Waals surface area contributed by atoms with Gasteiger partial charge in [-0.15, -0.1) is 0 Å². The number of nitrogens with one attached hydrogen (secondary N) is 3. The molecule has 26 heavy (non-hydrogen) atoms. The van der Waals surface area contributed by atoms with Crippen LogP contribution < -0.4 is 16.0 Å². The number of anilines is 2. The Bertz CT molecular complexity index is 897. The number of carbonyl (C=O) groups excluding carboxylic acids is 3. The van der Waals surface area contributed by atoms with Gasteiger partial charge in [-0.3, -0.25) is 14.4 Å². The van der Waals surface area contributed by atoms with Crippen molar-refractivity contribution in [2.45, 2.75) is 27.3 Å². The van der Waals surface area contributed by atoms with E-state index in [1.807, 2.05) is 26.8 Å². The second-order valence-electron chi connectivity index (χ2n) is 7.29. The Morgan fingerprint density at radius 2 is 1.73 bits per heavy atom. The number of benzene rings is 2. The third kappa shape index (κ3) is 3.74. The van der Waals surface area contributed by atoms with Gasteiger partial charge in [-0.05, 0) is 35.9 Å². The van der Waals surface area contributed by atoms with Crippen LogP contribution in [0, 0.1) is 5.41 Å². The molecule has 0 spiro atoms. The van der Waals surface area contributed by atoms with E-state index in [1.54, 1.807) is 36.4 Å². The molecule has 0 saturated carbocycles. The van der Waals surface area contributed by atoms with Gasteiger partial charge in [0, 0.05) is 34.5 Å². The average molecular weight is 351 g/mol. The van der Waals surface area contributed by atoms with Crippen LogP contribution in [0.15, 0.2) is 42.5 Å². The van der Waals surface area contributed by atoms with Gasteiger partial charge >= 0.3 is 0 Å². The summed E-state index contributed by atoms with van der Waals surface area (Å²) >= 11 is 0. The quantitative estimate of drug-likeness (QED) is 0.794. The van der Waals surface area contributed by atoms with Crippen molar-refractivity contribution in [3.63, 3.8) is 0 Å². The second-order valence-corrected chi connectivity index (χ2v) is 7.29. The Morgan fingerprint density at radius 1 is 1.00 bits per heavy atom. The van der Waals surface area contributed by atoms with E-state index < -0.39 is 5.41 Å². The monoisotopic (exact) mass is 351 g/mol. The Morgan fingerprint density at radius 3 is 2.46 bits per heavy atom. The lowest BCUT2D eigenvalue weighted by molar-refractivity contribution is -0.123. The predicted octanol–water partition coefficient (Wildman–Crippen LogP) is 3.17. The molecule has 0 atom stereocenters. The zero-order chi connectivity index (χ0) is 18.9. The minimum absolute atomic E-state index is 0.125. The number of rotatable bonds is 3. The van der Waals surface area contributed by atoms with Gasteiger partial charge in [-0.1, -0.05) is 32.9 Å². The molecule has 2 aromatic rings. The van der Waals surface area contributed by atoms with E-state index in [4.69, 9.17) is 0 Å². The summed E-state index contributed by atoms with van der Waals surface area (Å²) in [5.74, 6) is -0.571. The molecule has 0 fully saturated rings. The van der Waals surface area contributed by atoms with Crippen molar-refractivity contribution in [1.82, 2.24) is 5.32 Å². The Balaban J connectivity index is 1.75. The molecule has 0 unspecified atom stereocenters. The van der Waals surface area contributed by atoms with Crippen molar-refractivity contribution in [3.8, 4) is 0 Å². The summed E-state index contributed by atoms with van der Waals surface area (Å²) in [4.78, 5) is 36.3. The van der Waals surface area contributed by atoms with Crippen LogP contribution in [-0.4, -0.2) is 17.7 Å². The van der Waals surface area contributed by atoms with Crippen LogP contribution in [0.5, 0.6) is 0 Å². The highest BCUT2D eigenvalue weighted by Gasteiger charge is 2.22. The summed E-state index contributed by atoms with van der Waals surface area (Å²) < 4.78 is 0. The van der Waals surface area contributed by atoms with Crippen LogP contribution in [0.25, 0.3) is 0 Å². The molecule has 0 aromatic heterocycles. The number of fused-ring (bicyclic) bond motifs is 1. The summed E-state index contributed by atoms with van der Waals surface area (Å²) in [6, 6.07) is 12.0. The number of amides is 3. The maximum atomic E-state index is 12.5. The lowest BCUT2D eigenvalue weighted by Crippen LogP contribution is -2.27. The van der Waals surface area contributed by atoms with E-state index >= 15 is 0 Å². The SMILES string of the molecule is CC(C)(C)C(=O)Nc1cccc(C(=O)Nc2ccc3c(c2)C(=O)NC3)c1. The summed E-state index contributed by atoms with van der Waals surface area (Å²) in [6.07, 6.45) is 0. The highest BCUT2D eigenvalue weighted by atomic mass is 16.2. The molecule has 134 valence electrons. The first-order valence-corrected chi connectivity index (χ1v) is 8.38. The van der Waals surface area contributed by atoms with Crippen LogP contribution in [-0.2, 0) is 11.3 Å². The van der Waals surface area contributed by atoms with Gasteiger partial charge in [-0.2, -0.15) is 0 Å². The lowest BCUT2D eigenvalue weighted by atomic mass is 9.95. The Labute approximate surface area is 152 Å². The molecule has 6 nitrogen and oxygen atoms in total. The number of carbonyl (C=O) groups is 3. The molecule has 0 aliphatic carbocycles. The lowest BCUT2D eigenvalue weighted by Gasteiger charge is -2.18. The van der Waals surface area contributed by atoms with Crippen molar-refractivity contribution in [3.05, 3.63) is 59.2 Å². The van der Waals surface area contributed by atoms with E-state index in [9.17, 15) is 14.4 Å². The summed E-state index contributed by atoms with van der Waals surface area (Å²) in [6.45, 7) is 5.98. The molecule has 3 amide bonds. The molecule has 1 aliphatic rings. The maximum absolute atomic E-state index is 12.5. The molecule has 1 heterocycles. The molecular weight excluding hydrogens is 330 g/mol. The molecule has 0 radical (unpaired) electrons. The van der Waals surface area contributed by atoms with Crippen molar-refractivity contribution in [2.75, 3.05) is 10.6 Å². The summed E-state index contributed by atoms with van der Waals surface area (Å²) in [5.41, 5.74) is 2.50. The predicted molar refractivity (Wildman–Crippen MR) is 100 cm³/mol. The Hall–Kier alpha value is -3.15. The van der Waals surface area contributed by atoms with Gasteiger partial charge in [0.05, 0.1) is 0 Å². The molecular formula is C20H21N3O3. The molecule has 0 bridgehead atoms. The molecule has 6 heteroatoms. The topological polar surface area (TPSA) is 87.3 Å². The average Bonchev–Trinajstić information content (AvgIpc) is 2.95. The standard InChI is InChI=1S/C20H21N3O3/c1-20(2,3)19(26)23-14-6-4-5-12(9-14)17(24)22-15-8-7-13-11-21-18(25)16(13)10-15/h4-10H,11H2,1-3H3,(H,21,25)(H,22,24)(H,23,26). The second kappa shape index (κ2) is 6.63. The van der Waals surface area contributed by atoms with Gasteiger partial charge < -0.3 is 16.0 Å². The fourth-order valence-corrected chi connectivity index (χ4v) is 2.55.